The van der Waals surface area contributed by atoms with Crippen LogP contribution in [0.2, 0.25) is 0 Å². The van der Waals surface area contributed by atoms with Gasteiger partial charge in [-0.3, -0.25) is 4.79 Å². The van der Waals surface area contributed by atoms with Crippen LogP contribution < -0.4 is 5.32 Å². The third-order valence-electron chi connectivity index (χ3n) is 7.20. The highest BCUT2D eigenvalue weighted by Crippen LogP contribution is 2.65. The van der Waals surface area contributed by atoms with Crippen molar-refractivity contribution in [1.29, 1.82) is 0 Å². The van der Waals surface area contributed by atoms with Crippen molar-refractivity contribution in [2.45, 2.75) is 51.5 Å². The lowest BCUT2D eigenvalue weighted by atomic mass is 9.79. The maximum atomic E-state index is 13.0. The molecule has 2 fully saturated rings. The van der Waals surface area contributed by atoms with Crippen LogP contribution >= 0.6 is 0 Å². The van der Waals surface area contributed by atoms with Crippen LogP contribution in [-0.4, -0.2) is 19.0 Å². The van der Waals surface area contributed by atoms with Gasteiger partial charge in [0.2, 0.25) is 0 Å². The second-order valence-electron chi connectivity index (χ2n) is 9.10. The molecule has 3 atom stereocenters. The van der Waals surface area contributed by atoms with Crippen LogP contribution in [0.3, 0.4) is 0 Å². The first kappa shape index (κ1) is 20.6. The van der Waals surface area contributed by atoms with E-state index in [1.807, 2.05) is 42.5 Å². The first-order chi connectivity index (χ1) is 14.5. The van der Waals surface area contributed by atoms with Crippen molar-refractivity contribution >= 4 is 11.9 Å². The number of amides is 1. The molecule has 0 saturated heterocycles. The van der Waals surface area contributed by atoms with Gasteiger partial charge in [0.25, 0.3) is 5.91 Å². The first-order valence-electron chi connectivity index (χ1n) is 11.1. The number of benzene rings is 2. The van der Waals surface area contributed by atoms with Gasteiger partial charge >= 0.3 is 5.97 Å². The third-order valence-corrected chi connectivity index (χ3v) is 7.20. The minimum Gasteiger partial charge on any atom is -0.465 e. The monoisotopic (exact) mass is 405 g/mol. The molecular weight excluding hydrogens is 374 g/mol. The summed E-state index contributed by atoms with van der Waals surface area (Å²) >= 11 is 0. The van der Waals surface area contributed by atoms with Gasteiger partial charge in [-0.2, -0.15) is 0 Å². The van der Waals surface area contributed by atoms with E-state index in [1.165, 1.54) is 39.2 Å². The fraction of sp³-hybridized carbons (Fsp3) is 0.462. The summed E-state index contributed by atoms with van der Waals surface area (Å²) in [5, 5.41) is 3.33. The molecule has 4 nitrogen and oxygen atoms in total. The zero-order valence-electron chi connectivity index (χ0n) is 17.9. The fourth-order valence-corrected chi connectivity index (χ4v) is 5.35. The molecule has 0 radical (unpaired) electrons. The number of ether oxygens (including phenoxy) is 1. The molecule has 0 heterocycles. The molecule has 1 unspecified atom stereocenters. The van der Waals surface area contributed by atoms with Crippen LogP contribution in [-0.2, 0) is 4.74 Å². The molecule has 2 aliphatic rings. The van der Waals surface area contributed by atoms with E-state index in [9.17, 15) is 9.59 Å². The van der Waals surface area contributed by atoms with Crippen molar-refractivity contribution in [2.24, 2.45) is 17.3 Å². The smallest absolute Gasteiger partial charge is 0.337 e. The van der Waals surface area contributed by atoms with Gasteiger partial charge in [-0.05, 0) is 53.5 Å². The Bertz CT molecular complexity index is 886. The van der Waals surface area contributed by atoms with Crippen molar-refractivity contribution in [3.8, 4) is 0 Å². The third kappa shape index (κ3) is 4.14. The highest BCUT2D eigenvalue weighted by atomic mass is 16.5. The Morgan fingerprint density at radius 2 is 1.63 bits per heavy atom. The fourth-order valence-electron chi connectivity index (χ4n) is 5.35. The van der Waals surface area contributed by atoms with E-state index in [1.54, 1.807) is 12.1 Å². The van der Waals surface area contributed by atoms with Crippen LogP contribution in [0, 0.1) is 17.3 Å². The lowest BCUT2D eigenvalue weighted by molar-refractivity contribution is 0.0600. The average molecular weight is 406 g/mol. The largest absolute Gasteiger partial charge is 0.465 e. The topological polar surface area (TPSA) is 55.4 Å². The number of methoxy groups -OCH3 is 1. The predicted octanol–water partition coefficient (Wildman–Crippen LogP) is 5.55. The van der Waals surface area contributed by atoms with Crippen LogP contribution in [0.15, 0.2) is 54.6 Å². The summed E-state index contributed by atoms with van der Waals surface area (Å²) in [6, 6.07) is 16.8. The van der Waals surface area contributed by atoms with Gasteiger partial charge < -0.3 is 10.1 Å². The molecule has 2 aliphatic carbocycles. The summed E-state index contributed by atoms with van der Waals surface area (Å²) in [5.41, 5.74) is 2.29. The molecule has 0 bridgehead atoms. The average Bonchev–Trinajstić information content (AvgIpc) is 3.50. The maximum absolute atomic E-state index is 13.0. The van der Waals surface area contributed by atoms with Gasteiger partial charge in [-0.25, -0.2) is 4.79 Å². The lowest BCUT2D eigenvalue weighted by Gasteiger charge is -2.30. The van der Waals surface area contributed by atoms with E-state index in [4.69, 9.17) is 4.74 Å². The van der Waals surface area contributed by atoms with Crippen molar-refractivity contribution in [3.63, 3.8) is 0 Å². The van der Waals surface area contributed by atoms with Crippen molar-refractivity contribution < 1.29 is 14.3 Å². The molecule has 2 aromatic carbocycles. The first-order valence-corrected chi connectivity index (χ1v) is 11.1. The zero-order chi connectivity index (χ0) is 21.1. The number of esters is 1. The molecular formula is C26H31NO3. The molecule has 0 spiro atoms. The number of carbonyl (C=O) groups excluding carboxylic acids is 2. The van der Waals surface area contributed by atoms with Crippen LogP contribution in [0.1, 0.15) is 77.8 Å². The molecule has 2 aromatic rings. The highest BCUT2D eigenvalue weighted by molar-refractivity contribution is 5.94. The van der Waals surface area contributed by atoms with Gasteiger partial charge in [-0.1, -0.05) is 69.4 Å². The highest BCUT2D eigenvalue weighted by Gasteiger charge is 2.58. The minimum atomic E-state index is -0.343. The minimum absolute atomic E-state index is 0.0409. The molecule has 158 valence electrons. The lowest BCUT2D eigenvalue weighted by Crippen LogP contribution is -2.35. The summed E-state index contributed by atoms with van der Waals surface area (Å²) in [6.07, 6.45) is 7.75. The summed E-state index contributed by atoms with van der Waals surface area (Å²) in [6.45, 7) is 2.32. The Morgan fingerprint density at radius 1 is 0.967 bits per heavy atom. The van der Waals surface area contributed by atoms with Crippen molar-refractivity contribution in [1.82, 2.24) is 5.32 Å². The Balaban J connectivity index is 1.60. The van der Waals surface area contributed by atoms with E-state index in [2.05, 4.69) is 12.2 Å². The molecule has 2 saturated carbocycles. The zero-order valence-corrected chi connectivity index (χ0v) is 17.9. The molecule has 4 heteroatoms. The number of rotatable bonds is 6. The van der Waals surface area contributed by atoms with Crippen molar-refractivity contribution in [3.05, 3.63) is 71.3 Å². The van der Waals surface area contributed by atoms with Gasteiger partial charge in [0, 0.05) is 5.56 Å². The predicted molar refractivity (Wildman–Crippen MR) is 117 cm³/mol. The number of carbonyl (C=O) groups is 2. The summed E-state index contributed by atoms with van der Waals surface area (Å²) in [5.74, 6) is 1.01. The second-order valence-corrected chi connectivity index (χ2v) is 9.10. The van der Waals surface area contributed by atoms with E-state index in [0.717, 1.165) is 17.9 Å². The quantitative estimate of drug-likeness (QED) is 0.641. The Kier molecular flexibility index (Phi) is 5.94. The molecule has 0 aliphatic heterocycles. The van der Waals surface area contributed by atoms with E-state index < -0.39 is 0 Å². The normalized spacial score (nSPS) is 24.7. The summed E-state index contributed by atoms with van der Waals surface area (Å²) in [4.78, 5) is 24.9. The van der Waals surface area contributed by atoms with E-state index in [0.29, 0.717) is 17.0 Å². The van der Waals surface area contributed by atoms with Gasteiger partial charge in [0.15, 0.2) is 0 Å². The second kappa shape index (κ2) is 8.63. The molecule has 1 amide bonds. The van der Waals surface area contributed by atoms with Gasteiger partial charge in [-0.15, -0.1) is 0 Å². The molecule has 1 N–H and O–H groups in total. The Hall–Kier alpha value is -2.62. The summed E-state index contributed by atoms with van der Waals surface area (Å²) < 4.78 is 4.83. The maximum Gasteiger partial charge on any atom is 0.337 e. The van der Waals surface area contributed by atoms with Crippen LogP contribution in [0.25, 0.3) is 0 Å². The summed E-state index contributed by atoms with van der Waals surface area (Å²) in [7, 11) is 1.39. The Labute approximate surface area is 179 Å². The van der Waals surface area contributed by atoms with E-state index >= 15 is 0 Å². The van der Waals surface area contributed by atoms with Crippen molar-refractivity contribution in [2.75, 3.05) is 7.11 Å². The molecule has 4 rings (SSSR count). The Morgan fingerprint density at radius 3 is 2.27 bits per heavy atom. The SMILES string of the molecule is COC(=O)c1ccc(C(NC(=O)c2ccccc2)[C@]2(C)C[C@H]2C2CCCCC2)cc1. The number of hydrogen-bond acceptors (Lipinski definition) is 3. The van der Waals surface area contributed by atoms with E-state index in [-0.39, 0.29) is 23.3 Å². The number of nitrogens with one attached hydrogen (secondary N) is 1. The van der Waals surface area contributed by atoms with Crippen LogP contribution in [0.4, 0.5) is 0 Å². The molecule has 0 aromatic heterocycles. The molecule has 30 heavy (non-hydrogen) atoms. The standard InChI is InChI=1S/C26H31NO3/c1-26(17-22(26)18-9-5-3-6-10-18)23(27-24(28)20-11-7-4-8-12-20)19-13-15-21(16-14-19)25(29)30-2/h4,7-8,11-16,18,22-23H,3,5-6,9-10,17H2,1-2H3,(H,27,28)/t22-,23?,26+/m0/s1. The van der Waals surface area contributed by atoms with Gasteiger partial charge in [0.05, 0.1) is 18.7 Å². The number of hydrogen-bond donors (Lipinski definition) is 1. The van der Waals surface area contributed by atoms with Crippen LogP contribution in [0.5, 0.6) is 0 Å². The van der Waals surface area contributed by atoms with Gasteiger partial charge in [0.1, 0.15) is 0 Å².